The molecular weight excluding hydrogens is 832 g/mol. The molecule has 0 atom stereocenters. The molecule has 0 radical (unpaired) electrons. The third-order valence-electron chi connectivity index (χ3n) is 8.38. The van der Waals surface area contributed by atoms with Crippen molar-refractivity contribution >= 4 is 23.8 Å². The number of amides is 2. The number of aromatic amines is 6. The standard InChI is InChI=1S/C14H22N4O4.C9H14N4O2.C9H18N2O2.C5H5ClN2O2.2CH4/c1-14(2,3)22-13(21)18-6-4-17(5-7-18)9-10-8-11(19)16-12(20)15-10;14-8-5-7(11-9(15)12-8)6-13-3-1-10-2-4-13;1-9(2,3)13-8(12)11-6-4-10-5-7-11;6-2-3-1-4(9)8-5(10)7-3;;/h8H,4-7,9H2,1-3H3,(H2,15,16,19,20);5,10H,1-4,6H2,(H2,11,12,14,15);10H,4-7H2,1-3H3;1H,2H2,(H2,7,8,9,10);2*1H4. The molecule has 350 valence electrons. The molecule has 2 amide bonds. The van der Waals surface area contributed by atoms with Crippen molar-refractivity contribution in [3.05, 3.63) is 97.8 Å². The van der Waals surface area contributed by atoms with E-state index in [0.717, 1.165) is 52.4 Å². The molecule has 0 saturated carbocycles. The van der Waals surface area contributed by atoms with Crippen molar-refractivity contribution in [3.63, 3.8) is 0 Å². The minimum absolute atomic E-state index is 0. The first-order valence-corrected chi connectivity index (χ1v) is 20.1. The molecule has 3 saturated heterocycles. The normalized spacial score (nSPS) is 15.7. The fourth-order valence-corrected chi connectivity index (χ4v) is 5.88. The van der Waals surface area contributed by atoms with Crippen molar-refractivity contribution in [3.8, 4) is 0 Å². The van der Waals surface area contributed by atoms with Crippen LogP contribution in [0.15, 0.2) is 47.0 Å². The lowest BCUT2D eigenvalue weighted by molar-refractivity contribution is 0.0137. The molecule has 62 heavy (non-hydrogen) atoms. The minimum atomic E-state index is -0.525. The number of alkyl halides is 1. The summed E-state index contributed by atoms with van der Waals surface area (Å²) in [5.41, 5.74) is -1.87. The Morgan fingerprint density at radius 2 is 0.839 bits per heavy atom. The fourth-order valence-electron chi connectivity index (χ4n) is 5.74. The number of halogens is 1. The predicted molar refractivity (Wildman–Crippen MR) is 238 cm³/mol. The van der Waals surface area contributed by atoms with Gasteiger partial charge in [0.05, 0.1) is 5.88 Å². The Morgan fingerprint density at radius 3 is 1.19 bits per heavy atom. The highest BCUT2D eigenvalue weighted by Crippen LogP contribution is 2.13. The van der Waals surface area contributed by atoms with Gasteiger partial charge in [-0.2, -0.15) is 0 Å². The second-order valence-electron chi connectivity index (χ2n) is 16.0. The van der Waals surface area contributed by atoms with Gasteiger partial charge in [0.15, 0.2) is 0 Å². The van der Waals surface area contributed by atoms with Crippen LogP contribution in [-0.2, 0) is 28.4 Å². The lowest BCUT2D eigenvalue weighted by Gasteiger charge is -2.35. The highest BCUT2D eigenvalue weighted by Gasteiger charge is 2.26. The third-order valence-corrected chi connectivity index (χ3v) is 8.67. The van der Waals surface area contributed by atoms with E-state index in [4.69, 9.17) is 21.1 Å². The Hall–Kier alpha value is -5.29. The average Bonchev–Trinajstić information content (AvgIpc) is 3.14. The number of piperazine rings is 3. The van der Waals surface area contributed by atoms with Crippen molar-refractivity contribution in [1.82, 2.24) is 60.1 Å². The van der Waals surface area contributed by atoms with E-state index in [1.54, 1.807) is 9.80 Å². The molecule has 3 aromatic rings. The van der Waals surface area contributed by atoms with Crippen LogP contribution in [0.4, 0.5) is 9.59 Å². The molecule has 6 rings (SSSR count). The summed E-state index contributed by atoms with van der Waals surface area (Å²) in [5.74, 6) is 0.138. The van der Waals surface area contributed by atoms with Crippen molar-refractivity contribution in [2.45, 2.75) is 86.6 Å². The second-order valence-corrected chi connectivity index (χ2v) is 16.2. The highest BCUT2D eigenvalue weighted by molar-refractivity contribution is 6.16. The molecule has 0 unspecified atom stereocenters. The van der Waals surface area contributed by atoms with Crippen molar-refractivity contribution in [1.29, 1.82) is 0 Å². The van der Waals surface area contributed by atoms with Crippen molar-refractivity contribution in [2.75, 3.05) is 78.5 Å². The zero-order valence-electron chi connectivity index (χ0n) is 35.1. The first-order valence-electron chi connectivity index (χ1n) is 19.5. The number of aromatic nitrogens is 6. The number of rotatable bonds is 5. The van der Waals surface area contributed by atoms with E-state index in [0.29, 0.717) is 56.4 Å². The molecule has 3 fully saturated rings. The van der Waals surface area contributed by atoms with Crippen LogP contribution < -0.4 is 44.4 Å². The van der Waals surface area contributed by atoms with E-state index in [1.807, 2.05) is 46.5 Å². The molecule has 22 nitrogen and oxygen atoms in total. The Morgan fingerprint density at radius 1 is 0.516 bits per heavy atom. The number of nitrogens with one attached hydrogen (secondary N) is 8. The number of carbonyl (C=O) groups is 2. The molecule has 0 aliphatic carbocycles. The van der Waals surface area contributed by atoms with Crippen LogP contribution in [-0.4, -0.2) is 151 Å². The second kappa shape index (κ2) is 26.2. The molecule has 6 heterocycles. The first kappa shape index (κ1) is 54.7. The number of carbonyl (C=O) groups excluding carboxylic acids is 2. The van der Waals surface area contributed by atoms with Crippen LogP contribution in [0.2, 0.25) is 0 Å². The summed E-state index contributed by atoms with van der Waals surface area (Å²) in [5, 5.41) is 6.42. The van der Waals surface area contributed by atoms with Gasteiger partial charge in [-0.1, -0.05) is 14.9 Å². The monoisotopic (exact) mass is 898 g/mol. The minimum Gasteiger partial charge on any atom is -0.444 e. The molecule has 23 heteroatoms. The topological polar surface area (TPSA) is 287 Å². The third kappa shape index (κ3) is 22.0. The van der Waals surface area contributed by atoms with Gasteiger partial charge in [0.1, 0.15) is 11.2 Å². The van der Waals surface area contributed by atoms with Gasteiger partial charge < -0.3 is 44.9 Å². The Labute approximate surface area is 365 Å². The van der Waals surface area contributed by atoms with Gasteiger partial charge in [0.25, 0.3) is 16.7 Å². The molecule has 8 N–H and O–H groups in total. The Bertz CT molecular complexity index is 2080. The quantitative estimate of drug-likeness (QED) is 0.162. The molecule has 0 spiro atoms. The largest absolute Gasteiger partial charge is 0.444 e. The van der Waals surface area contributed by atoms with E-state index >= 15 is 0 Å². The van der Waals surface area contributed by atoms with Crippen LogP contribution in [0.5, 0.6) is 0 Å². The van der Waals surface area contributed by atoms with Crippen LogP contribution in [0.25, 0.3) is 0 Å². The maximum Gasteiger partial charge on any atom is 0.410 e. The summed E-state index contributed by atoms with van der Waals surface area (Å²) < 4.78 is 10.6. The van der Waals surface area contributed by atoms with Gasteiger partial charge in [-0.15, -0.1) is 11.6 Å². The molecule has 0 bridgehead atoms. The Balaban J connectivity index is 0.000000426. The highest BCUT2D eigenvalue weighted by atomic mass is 35.5. The predicted octanol–water partition coefficient (Wildman–Crippen LogP) is 0.485. The summed E-state index contributed by atoms with van der Waals surface area (Å²) in [6, 6.07) is 4.06. The van der Waals surface area contributed by atoms with E-state index in [-0.39, 0.29) is 44.1 Å². The Kier molecular flexibility index (Phi) is 23.2. The van der Waals surface area contributed by atoms with Gasteiger partial charge in [-0.25, -0.2) is 24.0 Å². The summed E-state index contributed by atoms with van der Waals surface area (Å²) in [7, 11) is 0. The van der Waals surface area contributed by atoms with Gasteiger partial charge in [-0.05, 0) is 41.5 Å². The van der Waals surface area contributed by atoms with Crippen LogP contribution in [0, 0.1) is 0 Å². The molecular formula is C39H67ClN12O10. The van der Waals surface area contributed by atoms with E-state index in [1.165, 1.54) is 18.2 Å². The maximum absolute atomic E-state index is 12.0. The molecule has 0 aromatic carbocycles. The summed E-state index contributed by atoms with van der Waals surface area (Å²) in [4.78, 5) is 111. The summed E-state index contributed by atoms with van der Waals surface area (Å²) >= 11 is 5.35. The van der Waals surface area contributed by atoms with Gasteiger partial charge in [-0.3, -0.25) is 39.1 Å². The van der Waals surface area contributed by atoms with Crippen LogP contribution in [0.3, 0.4) is 0 Å². The van der Waals surface area contributed by atoms with Gasteiger partial charge in [0, 0.05) is 127 Å². The number of hydrogen-bond acceptors (Lipinski definition) is 14. The van der Waals surface area contributed by atoms with Gasteiger partial charge in [0.2, 0.25) is 0 Å². The number of nitrogens with zero attached hydrogens (tertiary/aromatic N) is 4. The summed E-state index contributed by atoms with van der Waals surface area (Å²) in [6.07, 6.45) is -0.509. The van der Waals surface area contributed by atoms with E-state index < -0.39 is 33.8 Å². The average molecular weight is 899 g/mol. The van der Waals surface area contributed by atoms with Crippen molar-refractivity contribution < 1.29 is 19.1 Å². The molecule has 3 aliphatic heterocycles. The first-order chi connectivity index (χ1) is 28.2. The number of hydrogen-bond donors (Lipinski definition) is 8. The lowest BCUT2D eigenvalue weighted by atomic mass is 10.2. The van der Waals surface area contributed by atoms with Gasteiger partial charge >= 0.3 is 29.3 Å². The van der Waals surface area contributed by atoms with E-state index in [9.17, 15) is 38.4 Å². The smallest absolute Gasteiger partial charge is 0.410 e. The number of ether oxygens (including phenoxy) is 2. The SMILES string of the molecule is C.C.CC(C)(C)OC(=O)N1CCN(Cc2cc(=O)[nH]c(=O)[nH]2)CC1.CC(C)(C)OC(=O)N1CCNCC1.O=c1cc(CCl)[nH]c(=O)[nH]1.O=c1cc(CN2CCNCC2)[nH]c(=O)[nH]1. The molecule has 3 aliphatic rings. The van der Waals surface area contributed by atoms with Crippen LogP contribution in [0.1, 0.15) is 73.5 Å². The van der Waals surface area contributed by atoms with Crippen LogP contribution >= 0.6 is 11.6 Å². The van der Waals surface area contributed by atoms with E-state index in [2.05, 4.69) is 45.4 Å². The maximum atomic E-state index is 12.0. The molecule has 3 aromatic heterocycles. The lowest BCUT2D eigenvalue weighted by Crippen LogP contribution is -2.49. The summed E-state index contributed by atoms with van der Waals surface area (Å²) in [6.45, 7) is 21.7. The zero-order chi connectivity index (χ0) is 44.5. The number of H-pyrrole nitrogens is 6. The zero-order valence-corrected chi connectivity index (χ0v) is 35.8. The van der Waals surface area contributed by atoms with Crippen molar-refractivity contribution in [2.24, 2.45) is 0 Å². The fraction of sp³-hybridized carbons (Fsp3) is 0.641.